The zero-order valence-electron chi connectivity index (χ0n) is 33.2. The summed E-state index contributed by atoms with van der Waals surface area (Å²) in [7, 11) is 0. The molecule has 0 aliphatic rings. The van der Waals surface area contributed by atoms with E-state index in [1.54, 1.807) is 0 Å². The van der Waals surface area contributed by atoms with Gasteiger partial charge in [0.2, 0.25) is 0 Å². The average Bonchev–Trinajstić information content (AvgIpc) is 3.35. The van der Waals surface area contributed by atoms with Crippen LogP contribution in [0.3, 0.4) is 0 Å². The molecule has 0 nitrogen and oxygen atoms in total. The Morgan fingerprint density at radius 2 is 0.283 bits per heavy atom. The molecule has 0 bridgehead atoms. The molecular formula is C60H42. The third-order valence-corrected chi connectivity index (χ3v) is 11.6. The molecule has 0 fully saturated rings. The number of benzene rings is 10. The molecule has 0 spiro atoms. The highest BCUT2D eigenvalue weighted by molar-refractivity contribution is 5.89. The molecule has 0 heterocycles. The molecule has 0 saturated carbocycles. The Hall–Kier alpha value is -7.80. The maximum Gasteiger partial charge on any atom is -0.0105 e. The number of rotatable bonds is 9. The fraction of sp³-hybridized carbons (Fsp3) is 0. The van der Waals surface area contributed by atoms with Crippen molar-refractivity contribution in [3.8, 4) is 100 Å². The molecule has 0 heteroatoms. The maximum absolute atomic E-state index is 2.34. The number of hydrogen-bond donors (Lipinski definition) is 0. The first-order valence-electron chi connectivity index (χ1n) is 20.7. The van der Waals surface area contributed by atoms with E-state index in [4.69, 9.17) is 0 Å². The van der Waals surface area contributed by atoms with Crippen molar-refractivity contribution in [3.63, 3.8) is 0 Å². The first-order valence-corrected chi connectivity index (χ1v) is 20.7. The van der Waals surface area contributed by atoms with Gasteiger partial charge < -0.3 is 0 Å². The Morgan fingerprint density at radius 3 is 0.500 bits per heavy atom. The van der Waals surface area contributed by atoms with E-state index in [9.17, 15) is 0 Å². The second-order valence-electron chi connectivity index (χ2n) is 15.3. The van der Waals surface area contributed by atoms with E-state index in [1.165, 1.54) is 100 Å². The van der Waals surface area contributed by atoms with Gasteiger partial charge in [-0.2, -0.15) is 0 Å². The highest BCUT2D eigenvalue weighted by Crippen LogP contribution is 2.39. The molecule has 0 radical (unpaired) electrons. The van der Waals surface area contributed by atoms with Crippen molar-refractivity contribution in [1.29, 1.82) is 0 Å². The monoisotopic (exact) mass is 762 g/mol. The molecule has 282 valence electrons. The third kappa shape index (κ3) is 7.51. The lowest BCUT2D eigenvalue weighted by Gasteiger charge is -2.15. The molecule has 60 heavy (non-hydrogen) atoms. The molecule has 0 atom stereocenters. The minimum absolute atomic E-state index is 1.18. The summed E-state index contributed by atoms with van der Waals surface area (Å²) in [6.45, 7) is 0. The van der Waals surface area contributed by atoms with Crippen LogP contribution in [0.1, 0.15) is 0 Å². The molecule has 0 unspecified atom stereocenters. The van der Waals surface area contributed by atoms with E-state index in [-0.39, 0.29) is 0 Å². The highest BCUT2D eigenvalue weighted by atomic mass is 14.2. The fourth-order valence-corrected chi connectivity index (χ4v) is 8.47. The van der Waals surface area contributed by atoms with Crippen LogP contribution in [0.2, 0.25) is 0 Å². The molecule has 0 saturated heterocycles. The van der Waals surface area contributed by atoms with Crippen LogP contribution in [0.15, 0.2) is 255 Å². The minimum Gasteiger partial charge on any atom is -0.0622 e. The lowest BCUT2D eigenvalue weighted by molar-refractivity contribution is 1.54. The summed E-state index contributed by atoms with van der Waals surface area (Å²) in [4.78, 5) is 0. The zero-order chi connectivity index (χ0) is 40.1. The van der Waals surface area contributed by atoms with Gasteiger partial charge in [0.15, 0.2) is 0 Å². The van der Waals surface area contributed by atoms with Gasteiger partial charge in [0.25, 0.3) is 0 Å². The number of hydrogen-bond acceptors (Lipinski definition) is 0. The lowest BCUT2D eigenvalue weighted by atomic mass is 9.89. The summed E-state index contributed by atoms with van der Waals surface area (Å²) in [6.07, 6.45) is 0. The summed E-state index contributed by atoms with van der Waals surface area (Å²) >= 11 is 0. The second-order valence-corrected chi connectivity index (χ2v) is 15.3. The van der Waals surface area contributed by atoms with Crippen molar-refractivity contribution in [2.45, 2.75) is 0 Å². The predicted octanol–water partition coefficient (Wildman–Crippen LogP) is 16.7. The van der Waals surface area contributed by atoms with Crippen LogP contribution in [0, 0.1) is 0 Å². The second kappa shape index (κ2) is 16.6. The van der Waals surface area contributed by atoms with Crippen molar-refractivity contribution in [2.24, 2.45) is 0 Å². The van der Waals surface area contributed by atoms with Gasteiger partial charge in [-0.3, -0.25) is 0 Å². The van der Waals surface area contributed by atoms with Crippen LogP contribution < -0.4 is 0 Å². The van der Waals surface area contributed by atoms with E-state index in [1.807, 2.05) is 0 Å². The van der Waals surface area contributed by atoms with E-state index < -0.39 is 0 Å². The fourth-order valence-electron chi connectivity index (χ4n) is 8.47. The first-order chi connectivity index (χ1) is 29.7. The smallest absolute Gasteiger partial charge is 0.0105 e. The predicted molar refractivity (Wildman–Crippen MR) is 255 cm³/mol. The summed E-state index contributed by atoms with van der Waals surface area (Å²) in [6, 6.07) is 92.2. The Kier molecular flexibility index (Phi) is 10.1. The maximum atomic E-state index is 2.34. The first kappa shape index (κ1) is 36.5. The van der Waals surface area contributed by atoms with Gasteiger partial charge in [-0.1, -0.05) is 237 Å². The Labute approximate surface area is 353 Å². The van der Waals surface area contributed by atoms with Crippen LogP contribution in [0.25, 0.3) is 100 Å². The van der Waals surface area contributed by atoms with Gasteiger partial charge in [-0.15, -0.1) is 0 Å². The van der Waals surface area contributed by atoms with Crippen molar-refractivity contribution < 1.29 is 0 Å². The van der Waals surface area contributed by atoms with Gasteiger partial charge in [0, 0.05) is 0 Å². The van der Waals surface area contributed by atoms with Crippen LogP contribution in [-0.2, 0) is 0 Å². The van der Waals surface area contributed by atoms with Crippen molar-refractivity contribution >= 4 is 0 Å². The van der Waals surface area contributed by atoms with E-state index in [0.717, 1.165) is 0 Å². The van der Waals surface area contributed by atoms with Gasteiger partial charge in [0.1, 0.15) is 0 Å². The van der Waals surface area contributed by atoms with Crippen LogP contribution >= 0.6 is 0 Å². The SMILES string of the molecule is c1ccc(-c2ccccc2-c2ccc(-c3cc(-c4ccc(-c5ccccc5-c5ccccc5)cc4)cc(-c4ccc(-c5ccccc5-c5ccccc5)cc4)c3)cc2)cc1. The summed E-state index contributed by atoms with van der Waals surface area (Å²) in [5, 5.41) is 0. The van der Waals surface area contributed by atoms with Crippen LogP contribution in [0.5, 0.6) is 0 Å². The molecule has 10 rings (SSSR count). The molecule has 0 N–H and O–H groups in total. The normalized spacial score (nSPS) is 11.0. The molecule has 10 aromatic rings. The summed E-state index contributed by atoms with van der Waals surface area (Å²) < 4.78 is 0. The van der Waals surface area contributed by atoms with E-state index in [0.29, 0.717) is 0 Å². The van der Waals surface area contributed by atoms with Crippen molar-refractivity contribution in [1.82, 2.24) is 0 Å². The Morgan fingerprint density at radius 1 is 0.117 bits per heavy atom. The third-order valence-electron chi connectivity index (χ3n) is 11.6. The molecule has 0 aliphatic carbocycles. The van der Waals surface area contributed by atoms with E-state index >= 15 is 0 Å². The minimum atomic E-state index is 1.18. The standard InChI is InChI=1S/C60H42/c1-4-16-46(17-5-1)55-22-10-13-25-58(55)49-34-28-43(29-35-49)52-40-53(44-30-36-50(37-31-44)59-26-14-11-23-56(59)47-18-6-2-7-19-47)42-54(41-52)45-32-38-51(39-33-45)60-27-15-12-24-57(60)48-20-8-3-9-21-48/h1-42H. The molecule has 0 aromatic heterocycles. The molecule has 10 aromatic carbocycles. The van der Waals surface area contributed by atoms with Gasteiger partial charge >= 0.3 is 0 Å². The quantitative estimate of drug-likeness (QED) is 0.137. The van der Waals surface area contributed by atoms with Crippen molar-refractivity contribution in [3.05, 3.63) is 255 Å². The average molecular weight is 763 g/mol. The topological polar surface area (TPSA) is 0 Å². The van der Waals surface area contributed by atoms with Crippen molar-refractivity contribution in [2.75, 3.05) is 0 Å². The van der Waals surface area contributed by atoms with Gasteiger partial charge in [-0.05, 0) is 118 Å². The van der Waals surface area contributed by atoms with Crippen LogP contribution in [-0.4, -0.2) is 0 Å². The Balaban J connectivity index is 1.04. The molecule has 0 aliphatic heterocycles. The van der Waals surface area contributed by atoms with Gasteiger partial charge in [0.05, 0.1) is 0 Å². The highest BCUT2D eigenvalue weighted by Gasteiger charge is 2.13. The van der Waals surface area contributed by atoms with Gasteiger partial charge in [-0.25, -0.2) is 0 Å². The summed E-state index contributed by atoms with van der Waals surface area (Å²) in [5.74, 6) is 0. The molecular weight excluding hydrogens is 721 g/mol. The lowest BCUT2D eigenvalue weighted by Crippen LogP contribution is -1.89. The zero-order valence-corrected chi connectivity index (χ0v) is 33.2. The van der Waals surface area contributed by atoms with E-state index in [2.05, 4.69) is 255 Å². The van der Waals surface area contributed by atoms with Crippen LogP contribution in [0.4, 0.5) is 0 Å². The largest absolute Gasteiger partial charge is 0.0622 e. The summed E-state index contributed by atoms with van der Waals surface area (Å²) in [5.41, 5.74) is 21.8. The molecule has 0 amide bonds. The Bertz CT molecular complexity index is 2670.